The Kier molecular flexibility index (Phi) is 10.9. The Hall–Kier alpha value is -4.19. The van der Waals surface area contributed by atoms with Crippen LogP contribution in [0.1, 0.15) is 69.4 Å². The molecule has 0 aliphatic heterocycles. The number of aromatic nitrogens is 2. The highest BCUT2D eigenvalue weighted by atomic mass is 16.5. The molecule has 4 aromatic rings. The van der Waals surface area contributed by atoms with E-state index < -0.39 is 0 Å². The molecule has 0 radical (unpaired) electrons. The minimum atomic E-state index is -0.0586. The van der Waals surface area contributed by atoms with Gasteiger partial charge in [0.2, 0.25) is 5.91 Å². The smallest absolute Gasteiger partial charge is 0.240 e. The van der Waals surface area contributed by atoms with Crippen molar-refractivity contribution in [3.8, 4) is 22.7 Å². The predicted molar refractivity (Wildman–Crippen MR) is 158 cm³/mol. The second kappa shape index (κ2) is 15.3. The van der Waals surface area contributed by atoms with Gasteiger partial charge in [0.25, 0.3) is 0 Å². The van der Waals surface area contributed by atoms with Gasteiger partial charge in [0.05, 0.1) is 11.9 Å². The molecule has 0 aliphatic carbocycles. The molecule has 1 amide bonds. The average Bonchev–Trinajstić information content (AvgIpc) is 3.41. The van der Waals surface area contributed by atoms with E-state index in [0.29, 0.717) is 13.0 Å². The maximum absolute atomic E-state index is 12.3. The van der Waals surface area contributed by atoms with E-state index in [9.17, 15) is 4.79 Å². The summed E-state index contributed by atoms with van der Waals surface area (Å²) in [6.07, 6.45) is 12.3. The Labute approximate surface area is 231 Å². The van der Waals surface area contributed by atoms with Gasteiger partial charge in [0, 0.05) is 23.7 Å². The normalized spacial score (nSPS) is 11.1. The quantitative estimate of drug-likeness (QED) is 0.0987. The molecule has 1 heterocycles. The first kappa shape index (κ1) is 27.8. The number of carbonyl (C=O) groups excluding carboxylic acids is 1. The molecule has 1 aromatic heterocycles. The highest BCUT2D eigenvalue weighted by Crippen LogP contribution is 2.25. The molecule has 4 rings (SSSR count). The molecule has 3 aromatic carbocycles. The van der Waals surface area contributed by atoms with E-state index in [-0.39, 0.29) is 5.91 Å². The van der Waals surface area contributed by atoms with E-state index in [1.165, 1.54) is 32.1 Å². The predicted octanol–water partition coefficient (Wildman–Crippen LogP) is 7.71. The van der Waals surface area contributed by atoms with Crippen molar-refractivity contribution in [2.45, 2.75) is 64.9 Å². The van der Waals surface area contributed by atoms with Crippen LogP contribution in [0.3, 0.4) is 0 Å². The topological polar surface area (TPSA) is 68.5 Å². The van der Waals surface area contributed by atoms with Gasteiger partial charge in [0.1, 0.15) is 18.1 Å². The number of hydrogen-bond acceptors (Lipinski definition) is 4. The van der Waals surface area contributed by atoms with Gasteiger partial charge in [-0.15, -0.1) is 0 Å². The van der Waals surface area contributed by atoms with Crippen molar-refractivity contribution in [3.05, 3.63) is 102 Å². The number of hydrogen-bond donors (Lipinski definition) is 1. The van der Waals surface area contributed by atoms with E-state index >= 15 is 0 Å². The molecule has 0 saturated carbocycles. The summed E-state index contributed by atoms with van der Waals surface area (Å²) in [7, 11) is 0. The van der Waals surface area contributed by atoms with Crippen molar-refractivity contribution in [1.82, 2.24) is 15.2 Å². The SMILES string of the molecule is CCCCCCCCCC(=O)N/N=C/c1cn(-c2ccccc2)nc1-c1ccc(OCc2ccccc2)cc1. The van der Waals surface area contributed by atoms with Crippen LogP contribution >= 0.6 is 0 Å². The number of ether oxygens (including phenoxy) is 1. The monoisotopic (exact) mass is 522 g/mol. The summed E-state index contributed by atoms with van der Waals surface area (Å²) in [6.45, 7) is 2.73. The van der Waals surface area contributed by atoms with Crippen molar-refractivity contribution >= 4 is 12.1 Å². The van der Waals surface area contributed by atoms with Crippen LogP contribution in [0.4, 0.5) is 0 Å². The third kappa shape index (κ3) is 8.95. The molecule has 0 fully saturated rings. The van der Waals surface area contributed by atoms with Crippen molar-refractivity contribution in [2.75, 3.05) is 0 Å². The van der Waals surface area contributed by atoms with Crippen LogP contribution in [0.5, 0.6) is 5.75 Å². The lowest BCUT2D eigenvalue weighted by atomic mass is 10.1. The first-order chi connectivity index (χ1) is 19.2. The summed E-state index contributed by atoms with van der Waals surface area (Å²) in [5.41, 5.74) is 7.28. The van der Waals surface area contributed by atoms with Gasteiger partial charge in [0.15, 0.2) is 0 Å². The van der Waals surface area contributed by atoms with Crippen molar-refractivity contribution < 1.29 is 9.53 Å². The number of amides is 1. The maximum atomic E-state index is 12.3. The van der Waals surface area contributed by atoms with Crippen molar-refractivity contribution in [2.24, 2.45) is 5.10 Å². The lowest BCUT2D eigenvalue weighted by Gasteiger charge is -2.07. The number of hydrazone groups is 1. The minimum absolute atomic E-state index is 0.0586. The Morgan fingerprint density at radius 1 is 0.872 bits per heavy atom. The Bertz CT molecular complexity index is 1300. The molecule has 6 nitrogen and oxygen atoms in total. The highest BCUT2D eigenvalue weighted by Gasteiger charge is 2.12. The molecule has 0 atom stereocenters. The fraction of sp³-hybridized carbons (Fsp3) is 0.303. The number of carbonyl (C=O) groups is 1. The summed E-state index contributed by atoms with van der Waals surface area (Å²) in [5, 5.41) is 9.09. The standard InChI is InChI=1S/C33H38N4O2/c1-2-3-4-5-6-7-14-19-32(38)35-34-24-29-25-37(30-17-12-9-13-18-30)36-33(29)28-20-22-31(23-21-28)39-26-27-15-10-8-11-16-27/h8-13,15-18,20-25H,2-7,14,19,26H2,1H3,(H,35,38)/b34-24+. The van der Waals surface area contributed by atoms with E-state index in [2.05, 4.69) is 17.5 Å². The summed E-state index contributed by atoms with van der Waals surface area (Å²) < 4.78 is 7.77. The molecule has 1 N–H and O–H groups in total. The summed E-state index contributed by atoms with van der Waals surface area (Å²) >= 11 is 0. The van der Waals surface area contributed by atoms with Gasteiger partial charge in [-0.25, -0.2) is 10.1 Å². The van der Waals surface area contributed by atoms with Crippen LogP contribution in [-0.2, 0) is 11.4 Å². The lowest BCUT2D eigenvalue weighted by molar-refractivity contribution is -0.121. The van der Waals surface area contributed by atoms with E-state index in [1.807, 2.05) is 95.8 Å². The van der Waals surface area contributed by atoms with E-state index in [1.54, 1.807) is 6.21 Å². The first-order valence-electron chi connectivity index (χ1n) is 14.0. The second-order valence-electron chi connectivity index (χ2n) is 9.68. The van der Waals surface area contributed by atoms with Crippen LogP contribution in [-0.4, -0.2) is 21.9 Å². The van der Waals surface area contributed by atoms with E-state index in [4.69, 9.17) is 9.84 Å². The zero-order chi connectivity index (χ0) is 27.1. The molecular formula is C33H38N4O2. The van der Waals surface area contributed by atoms with Gasteiger partial charge >= 0.3 is 0 Å². The number of nitrogens with zero attached hydrogens (tertiary/aromatic N) is 3. The van der Waals surface area contributed by atoms with Crippen LogP contribution in [0.25, 0.3) is 16.9 Å². The molecule has 0 aliphatic rings. The number of para-hydroxylation sites is 1. The molecule has 0 saturated heterocycles. The number of benzene rings is 3. The zero-order valence-corrected chi connectivity index (χ0v) is 22.8. The molecule has 0 spiro atoms. The Morgan fingerprint density at radius 2 is 1.54 bits per heavy atom. The number of nitrogens with one attached hydrogen (secondary N) is 1. The largest absolute Gasteiger partial charge is 0.489 e. The van der Waals surface area contributed by atoms with Gasteiger partial charge < -0.3 is 4.74 Å². The number of rotatable bonds is 15. The molecular weight excluding hydrogens is 484 g/mol. The van der Waals surface area contributed by atoms with Crippen molar-refractivity contribution in [1.29, 1.82) is 0 Å². The summed E-state index contributed by atoms with van der Waals surface area (Å²) in [6, 6.07) is 27.9. The molecule has 6 heteroatoms. The molecule has 202 valence electrons. The van der Waals surface area contributed by atoms with Gasteiger partial charge in [-0.05, 0) is 48.4 Å². The van der Waals surface area contributed by atoms with Gasteiger partial charge in [-0.2, -0.15) is 10.2 Å². The third-order valence-corrected chi connectivity index (χ3v) is 6.54. The van der Waals surface area contributed by atoms with Gasteiger partial charge in [-0.1, -0.05) is 94.0 Å². The Balaban J connectivity index is 1.39. The third-order valence-electron chi connectivity index (χ3n) is 6.54. The fourth-order valence-corrected chi connectivity index (χ4v) is 4.34. The second-order valence-corrected chi connectivity index (χ2v) is 9.68. The zero-order valence-electron chi connectivity index (χ0n) is 22.8. The summed E-state index contributed by atoms with van der Waals surface area (Å²) in [4.78, 5) is 12.3. The first-order valence-corrected chi connectivity index (χ1v) is 14.0. The maximum Gasteiger partial charge on any atom is 0.240 e. The van der Waals surface area contributed by atoms with Crippen LogP contribution in [0, 0.1) is 0 Å². The molecule has 39 heavy (non-hydrogen) atoms. The molecule has 0 unspecified atom stereocenters. The Morgan fingerprint density at radius 3 is 2.26 bits per heavy atom. The number of unbranched alkanes of at least 4 members (excludes halogenated alkanes) is 6. The minimum Gasteiger partial charge on any atom is -0.489 e. The lowest BCUT2D eigenvalue weighted by Crippen LogP contribution is -2.16. The molecule has 0 bridgehead atoms. The van der Waals surface area contributed by atoms with Crippen LogP contribution in [0.15, 0.2) is 96.2 Å². The fourth-order valence-electron chi connectivity index (χ4n) is 4.34. The summed E-state index contributed by atoms with van der Waals surface area (Å²) in [5.74, 6) is 0.731. The van der Waals surface area contributed by atoms with Crippen molar-refractivity contribution in [3.63, 3.8) is 0 Å². The van der Waals surface area contributed by atoms with Gasteiger partial charge in [-0.3, -0.25) is 4.79 Å². The van der Waals surface area contributed by atoms with Crippen LogP contribution in [0.2, 0.25) is 0 Å². The van der Waals surface area contributed by atoms with E-state index in [0.717, 1.165) is 46.7 Å². The van der Waals surface area contributed by atoms with Crippen LogP contribution < -0.4 is 10.2 Å². The highest BCUT2D eigenvalue weighted by molar-refractivity contribution is 5.89. The average molecular weight is 523 g/mol.